The van der Waals surface area contributed by atoms with Gasteiger partial charge in [-0.15, -0.1) is 0 Å². The largest absolute Gasteiger partial charge is 0.460 e. The second kappa shape index (κ2) is 26.1. The molecule has 5 heterocycles. The number of rotatable bonds is 7. The predicted octanol–water partition coefficient (Wildman–Crippen LogP) is 6.81. The molecule has 5 aliphatic heterocycles. The van der Waals surface area contributed by atoms with E-state index in [1.54, 1.807) is 41.1 Å². The number of hydrogen-bond donors (Lipinski definition) is 3. The third-order valence-electron chi connectivity index (χ3n) is 16.5. The van der Waals surface area contributed by atoms with E-state index >= 15 is 0 Å². The summed E-state index contributed by atoms with van der Waals surface area (Å²) in [6.45, 7) is 12.8. The van der Waals surface area contributed by atoms with E-state index in [4.69, 9.17) is 28.5 Å². The van der Waals surface area contributed by atoms with Gasteiger partial charge in [0.15, 0.2) is 5.78 Å². The molecule has 2 saturated heterocycles. The molecule has 406 valence electrons. The van der Waals surface area contributed by atoms with Crippen LogP contribution in [0.3, 0.4) is 0 Å². The smallest absolute Gasteiger partial charge is 0.329 e. The number of methoxy groups -OCH3 is 3. The van der Waals surface area contributed by atoms with Crippen LogP contribution in [0.1, 0.15) is 126 Å². The van der Waals surface area contributed by atoms with Gasteiger partial charge in [-0.2, -0.15) is 0 Å². The molecule has 7 rings (SSSR count). The van der Waals surface area contributed by atoms with Crippen molar-refractivity contribution in [1.82, 2.24) is 4.90 Å². The van der Waals surface area contributed by atoms with Gasteiger partial charge in [0.25, 0.3) is 11.7 Å². The zero-order valence-electron chi connectivity index (χ0n) is 44.9. The molecule has 1 saturated carbocycles. The molecule has 6 aliphatic rings. The number of hydroxylamine groups is 1. The van der Waals surface area contributed by atoms with Crippen LogP contribution >= 0.6 is 0 Å². The van der Waals surface area contributed by atoms with Gasteiger partial charge in [0.1, 0.15) is 36.2 Å². The molecule has 16 heteroatoms. The fraction of sp³-hybridized carbons (Fsp3) is 0.702. The minimum Gasteiger partial charge on any atom is -0.460 e. The number of carbonyl (C=O) groups is 5. The maximum Gasteiger partial charge on any atom is 0.329 e. The minimum atomic E-state index is -2.47. The van der Waals surface area contributed by atoms with Crippen LogP contribution in [0, 0.1) is 35.5 Å². The Labute approximate surface area is 432 Å². The predicted molar refractivity (Wildman–Crippen MR) is 274 cm³/mol. The molecule has 4 bridgehead atoms. The average molecular weight is 1020 g/mol. The van der Waals surface area contributed by atoms with Crippen molar-refractivity contribution in [2.75, 3.05) is 32.9 Å². The summed E-state index contributed by atoms with van der Waals surface area (Å²) in [6, 6.07) is 8.24. The number of fused-ring (bicyclic) bond motifs is 16. The van der Waals surface area contributed by atoms with Crippen LogP contribution in [0.25, 0.3) is 0 Å². The van der Waals surface area contributed by atoms with Gasteiger partial charge in [0.2, 0.25) is 5.79 Å². The summed E-state index contributed by atoms with van der Waals surface area (Å²) >= 11 is 0. The number of benzene rings is 1. The first-order chi connectivity index (χ1) is 34.7. The van der Waals surface area contributed by atoms with Crippen LogP contribution in [-0.4, -0.2) is 144 Å². The number of para-hydroxylation sites is 1. The molecule has 1 amide bonds. The molecule has 0 aromatic heterocycles. The molecule has 3 N–H and O–H groups in total. The first-order valence-corrected chi connectivity index (χ1v) is 26.7. The zero-order valence-corrected chi connectivity index (χ0v) is 44.9. The van der Waals surface area contributed by atoms with Gasteiger partial charge in [-0.25, -0.2) is 9.86 Å². The van der Waals surface area contributed by atoms with E-state index in [1.165, 1.54) is 12.0 Å². The zero-order chi connectivity index (χ0) is 53.3. The Morgan fingerprint density at radius 2 is 1.55 bits per heavy atom. The number of amides is 1. The minimum absolute atomic E-state index is 0.0716. The SMILES string of the molecule is CO[C@H]1C[C@@H]2CC[C@@H](C)[C@@](O)(O2)C(=O)C(=O)N2CCCC[C@H]2C(=O)O[C@H]([C@H](C)C[C@@H]2CC[C@@H](O)[C@H](OC)C2)CC(=O)[C@H](C)C=C(C)[C@@H](O)[C@@H](OC)C(=O)[C@H](C)C[C@H](C)[C@@H]2C=C[C@H](C=C1C)ON2c1ccccc1. The van der Waals surface area contributed by atoms with Crippen LogP contribution in [-0.2, 0) is 52.5 Å². The van der Waals surface area contributed by atoms with E-state index < -0.39 is 90.0 Å². The van der Waals surface area contributed by atoms with Crippen molar-refractivity contribution < 1.29 is 67.8 Å². The molecular formula is C57H84N2O14. The summed E-state index contributed by atoms with van der Waals surface area (Å²) in [7, 11) is 4.53. The highest BCUT2D eigenvalue weighted by molar-refractivity contribution is 6.39. The lowest BCUT2D eigenvalue weighted by molar-refractivity contribution is -0.265. The number of aliphatic hydroxyl groups excluding tert-OH is 2. The van der Waals surface area contributed by atoms with E-state index in [2.05, 4.69) is 13.0 Å². The highest BCUT2D eigenvalue weighted by atomic mass is 16.7. The third-order valence-corrected chi connectivity index (χ3v) is 16.5. The summed E-state index contributed by atoms with van der Waals surface area (Å²) in [4.78, 5) is 79.7. The van der Waals surface area contributed by atoms with Crippen LogP contribution in [0.2, 0.25) is 0 Å². The van der Waals surface area contributed by atoms with Gasteiger partial charge >= 0.3 is 5.97 Å². The quantitative estimate of drug-likeness (QED) is 0.146. The summed E-state index contributed by atoms with van der Waals surface area (Å²) in [6.07, 6.45) is 6.48. The molecule has 1 aromatic rings. The van der Waals surface area contributed by atoms with E-state index in [-0.39, 0.29) is 67.3 Å². The number of esters is 1. The van der Waals surface area contributed by atoms with Gasteiger partial charge in [0, 0.05) is 58.5 Å². The number of hydrogen-bond acceptors (Lipinski definition) is 15. The topological polar surface area (TPSA) is 208 Å². The molecular weight excluding hydrogens is 937 g/mol. The summed E-state index contributed by atoms with van der Waals surface area (Å²) in [5.41, 5.74) is 2.00. The fourth-order valence-corrected chi connectivity index (χ4v) is 11.8. The lowest BCUT2D eigenvalue weighted by Gasteiger charge is -2.43. The van der Waals surface area contributed by atoms with Gasteiger partial charge in [-0.05, 0) is 125 Å². The van der Waals surface area contributed by atoms with Crippen molar-refractivity contribution in [3.05, 3.63) is 65.8 Å². The normalized spacial score (nSPS) is 37.8. The average Bonchev–Trinajstić information content (AvgIpc) is 3.38. The van der Waals surface area contributed by atoms with Crippen molar-refractivity contribution in [2.24, 2.45) is 35.5 Å². The Morgan fingerprint density at radius 1 is 0.822 bits per heavy atom. The van der Waals surface area contributed by atoms with Crippen LogP contribution in [0.4, 0.5) is 5.69 Å². The van der Waals surface area contributed by atoms with Crippen LogP contribution in [0.15, 0.2) is 65.8 Å². The molecule has 0 radical (unpaired) electrons. The van der Waals surface area contributed by atoms with Crippen molar-refractivity contribution >= 4 is 34.9 Å². The van der Waals surface area contributed by atoms with Crippen LogP contribution in [0.5, 0.6) is 0 Å². The number of nitrogens with zero attached hydrogens (tertiary/aromatic N) is 2. The molecule has 0 spiro atoms. The fourth-order valence-electron chi connectivity index (χ4n) is 11.8. The Bertz CT molecular complexity index is 2150. The highest BCUT2D eigenvalue weighted by Gasteiger charge is 2.53. The number of ketones is 3. The maximum atomic E-state index is 14.5. The number of piperidine rings is 1. The standard InChI is InChI=1S/C57H84N2O14/c1-33-26-37(5)51(62)53(70-10)52(63)38(6)27-34(2)47(61)32-49(35(3)28-40-20-24-46(60)50(30-40)69-9)71-56(66)45-18-14-15-25-58(45)55(65)54(64)57(67)39(7)19-21-42(72-57)31-48(68-8)36(4)29-43-22-23-44(33)59(73-43)41-16-12-11-13-17-41/h11-13,16-17,22-23,27,29,33-35,37,39-40,42-46,48-50,52-53,60,63,67H,14-15,18-21,24-26,28,30-32H2,1-10H3/t33-,34+,35+,37+,39+,40-,42-,43+,44-,45-,46+,48-,49-,50+,52+,53-,57+/m0/s1. The second-order valence-electron chi connectivity index (χ2n) is 21.9. The summed E-state index contributed by atoms with van der Waals surface area (Å²) in [5, 5.41) is 36.2. The molecule has 73 heavy (non-hydrogen) atoms. The van der Waals surface area contributed by atoms with E-state index in [9.17, 15) is 39.3 Å². The molecule has 17 atom stereocenters. The lowest BCUT2D eigenvalue weighted by atomic mass is 9.78. The highest BCUT2D eigenvalue weighted by Crippen LogP contribution is 2.39. The van der Waals surface area contributed by atoms with Crippen LogP contribution < -0.4 is 5.06 Å². The third kappa shape index (κ3) is 14.0. The molecule has 3 fully saturated rings. The first kappa shape index (κ1) is 58.1. The van der Waals surface area contributed by atoms with Gasteiger partial charge < -0.3 is 43.9 Å². The summed E-state index contributed by atoms with van der Waals surface area (Å²) < 4.78 is 29.9. The second-order valence-corrected chi connectivity index (χ2v) is 21.9. The maximum absolute atomic E-state index is 14.5. The number of Topliss-reactive ketones (excluding diaryl/α,β-unsaturated/α-hetero) is 3. The molecule has 0 unspecified atom stereocenters. The van der Waals surface area contributed by atoms with Crippen molar-refractivity contribution in [3.8, 4) is 0 Å². The number of carbonyl (C=O) groups excluding carboxylic acids is 5. The number of ether oxygens (including phenoxy) is 5. The Morgan fingerprint density at radius 3 is 2.23 bits per heavy atom. The number of anilines is 1. The van der Waals surface area contributed by atoms with E-state index in [0.717, 1.165) is 11.3 Å². The molecule has 1 aliphatic carbocycles. The monoisotopic (exact) mass is 1020 g/mol. The number of allylic oxidation sites excluding steroid dienone is 1. The number of aliphatic hydroxyl groups is 3. The van der Waals surface area contributed by atoms with E-state index in [1.807, 2.05) is 68.3 Å². The molecule has 16 nitrogen and oxygen atoms in total. The van der Waals surface area contributed by atoms with Crippen molar-refractivity contribution in [1.29, 1.82) is 0 Å². The van der Waals surface area contributed by atoms with Gasteiger partial charge in [-0.1, -0.05) is 71.0 Å². The van der Waals surface area contributed by atoms with Gasteiger partial charge in [0.05, 0.1) is 36.1 Å². The Balaban J connectivity index is 1.35. The van der Waals surface area contributed by atoms with Gasteiger partial charge in [-0.3, -0.25) is 24.0 Å². The Hall–Kier alpha value is -4.13. The lowest BCUT2D eigenvalue weighted by Crippen LogP contribution is -2.61. The molecule has 1 aromatic carbocycles. The summed E-state index contributed by atoms with van der Waals surface area (Å²) in [5.74, 6) is -8.42. The van der Waals surface area contributed by atoms with Crippen molar-refractivity contribution in [3.63, 3.8) is 0 Å². The Kier molecular flexibility index (Phi) is 20.8. The first-order valence-electron chi connectivity index (χ1n) is 26.7. The van der Waals surface area contributed by atoms with Crippen molar-refractivity contribution in [2.45, 2.75) is 192 Å². The van der Waals surface area contributed by atoms with E-state index in [0.29, 0.717) is 63.4 Å².